The van der Waals surface area contributed by atoms with Gasteiger partial charge >= 0.3 is 0 Å². The Kier molecular flexibility index (Phi) is 2.60. The predicted molar refractivity (Wildman–Crippen MR) is 74.3 cm³/mol. The van der Waals surface area contributed by atoms with Crippen LogP contribution in [0.5, 0.6) is 0 Å². The molecule has 2 aromatic heterocycles. The van der Waals surface area contributed by atoms with E-state index in [4.69, 9.17) is 11.5 Å². The highest BCUT2D eigenvalue weighted by Gasteiger charge is 2.11. The van der Waals surface area contributed by atoms with Crippen LogP contribution in [0.1, 0.15) is 16.2 Å². The largest absolute Gasteiger partial charge is 0.394 e. The minimum absolute atomic E-state index is 0.412. The van der Waals surface area contributed by atoms with Crippen LogP contribution in [0.15, 0.2) is 30.7 Å². The van der Waals surface area contributed by atoms with Crippen LogP contribution < -0.4 is 11.5 Å². The molecule has 0 saturated heterocycles. The molecule has 3 rings (SSSR count). The quantitative estimate of drug-likeness (QED) is 0.714. The highest BCUT2D eigenvalue weighted by molar-refractivity contribution is 5.96. The summed E-state index contributed by atoms with van der Waals surface area (Å²) < 4.78 is 1.75. The van der Waals surface area contributed by atoms with Gasteiger partial charge in [0.05, 0.1) is 22.9 Å². The van der Waals surface area contributed by atoms with Crippen LogP contribution in [0.25, 0.3) is 16.9 Å². The average molecular weight is 268 g/mol. The molecule has 7 nitrogen and oxygen atoms in total. The van der Waals surface area contributed by atoms with Gasteiger partial charge in [-0.05, 0) is 25.1 Å². The molecule has 2 heterocycles. The lowest BCUT2D eigenvalue weighted by Gasteiger charge is -2.07. The van der Waals surface area contributed by atoms with Crippen molar-refractivity contribution in [1.82, 2.24) is 19.5 Å². The molecule has 0 fully saturated rings. The summed E-state index contributed by atoms with van der Waals surface area (Å²) in [4.78, 5) is 23.8. The van der Waals surface area contributed by atoms with Gasteiger partial charge in [0.15, 0.2) is 5.82 Å². The average Bonchev–Trinajstić information content (AvgIpc) is 2.84. The molecule has 0 saturated carbocycles. The van der Waals surface area contributed by atoms with Gasteiger partial charge < -0.3 is 11.5 Å². The molecule has 3 aromatic rings. The number of nitrogens with two attached hydrogens (primary N) is 2. The van der Waals surface area contributed by atoms with Gasteiger partial charge in [0, 0.05) is 5.56 Å². The molecular formula is C13H12N6O. The number of carbonyl (C=O) groups excluding carboxylic acids is 1. The van der Waals surface area contributed by atoms with Crippen LogP contribution in [0.4, 0.5) is 5.69 Å². The zero-order valence-corrected chi connectivity index (χ0v) is 10.7. The smallest absolute Gasteiger partial charge is 0.248 e. The number of benzene rings is 1. The molecule has 0 aliphatic heterocycles. The first kappa shape index (κ1) is 12.1. The fourth-order valence-corrected chi connectivity index (χ4v) is 2.00. The number of primary amides is 1. The van der Waals surface area contributed by atoms with Crippen LogP contribution in [0, 0.1) is 6.92 Å². The topological polar surface area (TPSA) is 113 Å². The molecule has 7 heteroatoms. The molecular weight excluding hydrogens is 256 g/mol. The number of aryl methyl sites for hydroxylation is 1. The number of nitrogen functional groups attached to an aromatic ring is 1. The fourth-order valence-electron chi connectivity index (χ4n) is 2.00. The Morgan fingerprint density at radius 2 is 2.10 bits per heavy atom. The molecule has 1 amide bonds. The maximum Gasteiger partial charge on any atom is 0.248 e. The van der Waals surface area contributed by atoms with Crippen molar-refractivity contribution in [1.29, 1.82) is 0 Å². The third-order valence-electron chi connectivity index (χ3n) is 2.98. The number of carbonyl (C=O) groups is 1. The van der Waals surface area contributed by atoms with E-state index < -0.39 is 5.91 Å². The standard InChI is InChI=1S/C13H12N6O/c1-7-16-5-9(14)13(18-7)19-6-17-10-4-8(12(15)20)2-3-11(10)19/h2-6H,14H2,1H3,(H2,15,20). The summed E-state index contributed by atoms with van der Waals surface area (Å²) in [7, 11) is 0. The molecule has 0 aliphatic carbocycles. The number of fused-ring (bicyclic) bond motifs is 1. The first-order chi connectivity index (χ1) is 9.56. The summed E-state index contributed by atoms with van der Waals surface area (Å²) >= 11 is 0. The van der Waals surface area contributed by atoms with Crippen LogP contribution in [-0.4, -0.2) is 25.4 Å². The van der Waals surface area contributed by atoms with Crippen molar-refractivity contribution in [3.63, 3.8) is 0 Å². The molecule has 0 bridgehead atoms. The van der Waals surface area contributed by atoms with Crippen LogP contribution in [0.2, 0.25) is 0 Å². The summed E-state index contributed by atoms with van der Waals surface area (Å²) in [6.07, 6.45) is 3.16. The summed E-state index contributed by atoms with van der Waals surface area (Å²) in [6.45, 7) is 1.78. The number of aromatic nitrogens is 4. The predicted octanol–water partition coefficient (Wildman–Crippen LogP) is 0.805. The Morgan fingerprint density at radius 1 is 1.30 bits per heavy atom. The van der Waals surface area contributed by atoms with E-state index in [0.29, 0.717) is 28.4 Å². The second kappa shape index (κ2) is 4.30. The number of rotatable bonds is 2. The van der Waals surface area contributed by atoms with Crippen molar-refractivity contribution in [2.24, 2.45) is 5.73 Å². The van der Waals surface area contributed by atoms with Gasteiger partial charge in [-0.3, -0.25) is 9.36 Å². The van der Waals surface area contributed by atoms with E-state index in [0.717, 1.165) is 5.52 Å². The van der Waals surface area contributed by atoms with Crippen molar-refractivity contribution in [2.75, 3.05) is 5.73 Å². The highest BCUT2D eigenvalue weighted by atomic mass is 16.1. The van der Waals surface area contributed by atoms with Gasteiger partial charge in [-0.15, -0.1) is 0 Å². The SMILES string of the molecule is Cc1ncc(N)c(-n2cnc3cc(C(N)=O)ccc32)n1. The van der Waals surface area contributed by atoms with Crippen molar-refractivity contribution >= 4 is 22.6 Å². The Labute approximate surface area is 114 Å². The molecule has 0 atom stereocenters. The van der Waals surface area contributed by atoms with Crippen LogP contribution in [-0.2, 0) is 0 Å². The van der Waals surface area contributed by atoms with E-state index in [1.165, 1.54) is 0 Å². The second-order valence-electron chi connectivity index (χ2n) is 4.38. The lowest BCUT2D eigenvalue weighted by Crippen LogP contribution is -2.10. The van der Waals surface area contributed by atoms with E-state index in [1.807, 2.05) is 0 Å². The van der Waals surface area contributed by atoms with Gasteiger partial charge in [-0.2, -0.15) is 0 Å². The normalized spacial score (nSPS) is 10.8. The minimum atomic E-state index is -0.487. The first-order valence-corrected chi connectivity index (χ1v) is 5.92. The maximum absolute atomic E-state index is 11.2. The lowest BCUT2D eigenvalue weighted by molar-refractivity contribution is 0.100. The van der Waals surface area contributed by atoms with E-state index in [9.17, 15) is 4.79 Å². The van der Waals surface area contributed by atoms with Crippen molar-refractivity contribution < 1.29 is 4.79 Å². The molecule has 0 spiro atoms. The summed E-state index contributed by atoms with van der Waals surface area (Å²) in [5.41, 5.74) is 13.5. The molecule has 0 unspecified atom stereocenters. The van der Waals surface area contributed by atoms with Crippen molar-refractivity contribution in [3.05, 3.63) is 42.1 Å². The zero-order valence-electron chi connectivity index (χ0n) is 10.7. The van der Waals surface area contributed by atoms with Gasteiger partial charge in [0.25, 0.3) is 0 Å². The van der Waals surface area contributed by atoms with E-state index >= 15 is 0 Å². The second-order valence-corrected chi connectivity index (χ2v) is 4.38. The molecule has 20 heavy (non-hydrogen) atoms. The van der Waals surface area contributed by atoms with Gasteiger partial charge in [0.1, 0.15) is 12.2 Å². The molecule has 0 radical (unpaired) electrons. The number of hydrogen-bond donors (Lipinski definition) is 2. The Balaban J connectivity index is 2.22. The Bertz CT molecular complexity index is 823. The maximum atomic E-state index is 11.2. The molecule has 1 aromatic carbocycles. The third-order valence-corrected chi connectivity index (χ3v) is 2.98. The highest BCUT2D eigenvalue weighted by Crippen LogP contribution is 2.21. The van der Waals surface area contributed by atoms with Crippen LogP contribution in [0.3, 0.4) is 0 Å². The number of hydrogen-bond acceptors (Lipinski definition) is 5. The lowest BCUT2D eigenvalue weighted by atomic mass is 10.2. The zero-order chi connectivity index (χ0) is 14.3. The molecule has 0 aliphatic rings. The minimum Gasteiger partial charge on any atom is -0.394 e. The van der Waals surface area contributed by atoms with Gasteiger partial charge in [-0.1, -0.05) is 0 Å². The number of imidazole rings is 1. The molecule has 4 N–H and O–H groups in total. The van der Waals surface area contributed by atoms with Gasteiger partial charge in [0.2, 0.25) is 5.91 Å². The van der Waals surface area contributed by atoms with Crippen molar-refractivity contribution in [3.8, 4) is 5.82 Å². The first-order valence-electron chi connectivity index (χ1n) is 5.92. The van der Waals surface area contributed by atoms with E-state index in [-0.39, 0.29) is 0 Å². The fraction of sp³-hybridized carbons (Fsp3) is 0.0769. The summed E-state index contributed by atoms with van der Waals surface area (Å²) in [5.74, 6) is 0.690. The number of nitrogens with zero attached hydrogens (tertiary/aromatic N) is 4. The van der Waals surface area contributed by atoms with E-state index in [2.05, 4.69) is 15.0 Å². The van der Waals surface area contributed by atoms with E-state index in [1.54, 1.807) is 42.2 Å². The summed E-state index contributed by atoms with van der Waals surface area (Å²) in [6, 6.07) is 5.05. The Morgan fingerprint density at radius 3 is 2.85 bits per heavy atom. The number of amides is 1. The van der Waals surface area contributed by atoms with Crippen LogP contribution >= 0.6 is 0 Å². The monoisotopic (exact) mass is 268 g/mol. The van der Waals surface area contributed by atoms with Gasteiger partial charge in [-0.25, -0.2) is 15.0 Å². The summed E-state index contributed by atoms with van der Waals surface area (Å²) in [5, 5.41) is 0. The third kappa shape index (κ3) is 1.85. The number of anilines is 1. The molecule has 100 valence electrons. The van der Waals surface area contributed by atoms with Crippen molar-refractivity contribution in [2.45, 2.75) is 6.92 Å². The Hall–Kier alpha value is -2.96.